The average molecular weight is 307 g/mol. The van der Waals surface area contributed by atoms with Crippen molar-refractivity contribution in [1.29, 1.82) is 0 Å². The van der Waals surface area contributed by atoms with Gasteiger partial charge in [0, 0.05) is 11.4 Å². The van der Waals surface area contributed by atoms with Crippen molar-refractivity contribution in [1.82, 2.24) is 9.97 Å². The lowest BCUT2D eigenvalue weighted by atomic mass is 9.97. The molecule has 108 valence electrons. The summed E-state index contributed by atoms with van der Waals surface area (Å²) < 4.78 is 0. The van der Waals surface area contributed by atoms with Crippen LogP contribution < -0.4 is 5.32 Å². The number of aryl methyl sites for hydroxylation is 2. The summed E-state index contributed by atoms with van der Waals surface area (Å²) in [5, 5.41) is 4.83. The average Bonchev–Trinajstić information content (AvgIpc) is 2.83. The molecular formula is C15H21N3S2. The molecule has 20 heavy (non-hydrogen) atoms. The van der Waals surface area contributed by atoms with Gasteiger partial charge in [-0.2, -0.15) is 11.8 Å². The van der Waals surface area contributed by atoms with E-state index < -0.39 is 0 Å². The Morgan fingerprint density at radius 1 is 1.25 bits per heavy atom. The van der Waals surface area contributed by atoms with Crippen LogP contribution in [-0.4, -0.2) is 22.8 Å². The Hall–Kier alpha value is -0.810. The number of thioether (sulfide) groups is 1. The first-order valence-corrected chi connectivity index (χ1v) is 9.58. The van der Waals surface area contributed by atoms with E-state index in [1.54, 1.807) is 16.6 Å². The van der Waals surface area contributed by atoms with E-state index >= 15 is 0 Å². The molecule has 0 aliphatic heterocycles. The molecule has 2 heterocycles. The molecule has 0 fully saturated rings. The van der Waals surface area contributed by atoms with Gasteiger partial charge < -0.3 is 5.32 Å². The van der Waals surface area contributed by atoms with Crippen LogP contribution in [0.15, 0.2) is 0 Å². The molecule has 5 heteroatoms. The zero-order valence-corrected chi connectivity index (χ0v) is 13.8. The maximum absolute atomic E-state index is 4.79. The number of rotatable bonds is 5. The molecule has 0 bridgehead atoms. The molecular weight excluding hydrogens is 286 g/mol. The number of fused-ring (bicyclic) bond motifs is 3. The maximum atomic E-state index is 4.79. The van der Waals surface area contributed by atoms with Crippen LogP contribution in [0.25, 0.3) is 10.2 Å². The molecule has 0 saturated carbocycles. The number of hydrogen-bond acceptors (Lipinski definition) is 5. The van der Waals surface area contributed by atoms with Crippen LogP contribution in [0.2, 0.25) is 0 Å². The van der Waals surface area contributed by atoms with Crippen LogP contribution in [0.5, 0.6) is 0 Å². The van der Waals surface area contributed by atoms with E-state index in [1.165, 1.54) is 41.5 Å². The van der Waals surface area contributed by atoms with E-state index in [-0.39, 0.29) is 0 Å². The number of thiophene rings is 1. The highest BCUT2D eigenvalue weighted by atomic mass is 32.2. The summed E-state index contributed by atoms with van der Waals surface area (Å²) in [6, 6.07) is 0. The zero-order chi connectivity index (χ0) is 13.9. The smallest absolute Gasteiger partial charge is 0.142 e. The normalized spacial score (nSPS) is 14.5. The molecule has 0 unspecified atom stereocenters. The van der Waals surface area contributed by atoms with Crippen molar-refractivity contribution in [2.45, 2.75) is 44.8 Å². The molecule has 3 nitrogen and oxygen atoms in total. The standard InChI is InChI=1S/C15H21N3S2/c1-3-8-16-14-13-10-6-4-5-7-11(10)20-15(13)18-12(17-14)9-19-2/h3-9H2,1-2H3,(H,16,17,18). The zero-order valence-electron chi connectivity index (χ0n) is 12.2. The molecule has 1 aliphatic rings. The fraction of sp³-hybridized carbons (Fsp3) is 0.600. The Labute approximate surface area is 128 Å². The predicted molar refractivity (Wildman–Crippen MR) is 90.1 cm³/mol. The summed E-state index contributed by atoms with van der Waals surface area (Å²) in [7, 11) is 0. The molecule has 2 aromatic rings. The highest BCUT2D eigenvalue weighted by Crippen LogP contribution is 2.38. The van der Waals surface area contributed by atoms with Crippen molar-refractivity contribution in [3.63, 3.8) is 0 Å². The first-order valence-electron chi connectivity index (χ1n) is 7.37. The fourth-order valence-corrected chi connectivity index (χ4v) is 4.43. The largest absolute Gasteiger partial charge is 0.369 e. The summed E-state index contributed by atoms with van der Waals surface area (Å²) in [5.74, 6) is 2.92. The summed E-state index contributed by atoms with van der Waals surface area (Å²) in [6.45, 7) is 3.17. The van der Waals surface area contributed by atoms with E-state index in [9.17, 15) is 0 Å². The van der Waals surface area contributed by atoms with Gasteiger partial charge in [-0.25, -0.2) is 9.97 Å². The van der Waals surface area contributed by atoms with Crippen molar-refractivity contribution in [3.05, 3.63) is 16.3 Å². The van der Waals surface area contributed by atoms with Gasteiger partial charge in [0.05, 0.1) is 11.1 Å². The Morgan fingerprint density at radius 2 is 2.10 bits per heavy atom. The van der Waals surface area contributed by atoms with Crippen LogP contribution in [0.1, 0.15) is 42.5 Å². The summed E-state index contributed by atoms with van der Waals surface area (Å²) in [5.41, 5.74) is 1.52. The summed E-state index contributed by atoms with van der Waals surface area (Å²) in [6.07, 6.45) is 8.27. The lowest BCUT2D eigenvalue weighted by Crippen LogP contribution is -2.07. The van der Waals surface area contributed by atoms with Crippen LogP contribution in [0.3, 0.4) is 0 Å². The van der Waals surface area contributed by atoms with E-state index in [4.69, 9.17) is 9.97 Å². The maximum Gasteiger partial charge on any atom is 0.142 e. The van der Waals surface area contributed by atoms with Crippen LogP contribution in [-0.2, 0) is 18.6 Å². The van der Waals surface area contributed by atoms with Crippen molar-refractivity contribution in [2.24, 2.45) is 0 Å². The number of anilines is 1. The fourth-order valence-electron chi connectivity index (χ4n) is 2.77. The molecule has 0 radical (unpaired) electrons. The quantitative estimate of drug-likeness (QED) is 0.896. The van der Waals surface area contributed by atoms with Gasteiger partial charge in [0.2, 0.25) is 0 Å². The second kappa shape index (κ2) is 6.31. The number of nitrogens with one attached hydrogen (secondary N) is 1. The van der Waals surface area contributed by atoms with Gasteiger partial charge in [0.15, 0.2) is 0 Å². The van der Waals surface area contributed by atoms with Crippen LogP contribution in [0.4, 0.5) is 5.82 Å². The molecule has 0 spiro atoms. The summed E-state index contributed by atoms with van der Waals surface area (Å²) >= 11 is 3.67. The second-order valence-corrected chi connectivity index (χ2v) is 7.19. The van der Waals surface area contributed by atoms with Gasteiger partial charge in [-0.05, 0) is 43.9 Å². The highest BCUT2D eigenvalue weighted by molar-refractivity contribution is 7.97. The molecule has 1 N–H and O–H groups in total. The van der Waals surface area contributed by atoms with E-state index in [2.05, 4.69) is 18.5 Å². The third kappa shape index (κ3) is 2.66. The van der Waals surface area contributed by atoms with E-state index in [0.717, 1.165) is 30.4 Å². The minimum Gasteiger partial charge on any atom is -0.369 e. The van der Waals surface area contributed by atoms with Crippen molar-refractivity contribution in [2.75, 3.05) is 18.1 Å². The molecule has 1 aliphatic carbocycles. The molecule has 3 rings (SSSR count). The third-order valence-electron chi connectivity index (χ3n) is 3.68. The minimum absolute atomic E-state index is 0.888. The number of hydrogen-bond donors (Lipinski definition) is 1. The van der Waals surface area contributed by atoms with Gasteiger partial charge in [0.1, 0.15) is 16.5 Å². The summed E-state index contributed by atoms with van der Waals surface area (Å²) in [4.78, 5) is 12.3. The first kappa shape index (κ1) is 14.1. The van der Waals surface area contributed by atoms with Gasteiger partial charge in [-0.15, -0.1) is 11.3 Å². The lowest BCUT2D eigenvalue weighted by Gasteiger charge is -2.13. The Balaban J connectivity index is 2.11. The van der Waals surface area contributed by atoms with Gasteiger partial charge >= 0.3 is 0 Å². The van der Waals surface area contributed by atoms with Crippen molar-refractivity contribution < 1.29 is 0 Å². The Kier molecular flexibility index (Phi) is 4.46. The van der Waals surface area contributed by atoms with Crippen molar-refractivity contribution >= 4 is 39.1 Å². The highest BCUT2D eigenvalue weighted by Gasteiger charge is 2.20. The van der Waals surface area contributed by atoms with Gasteiger partial charge in [-0.1, -0.05) is 6.92 Å². The van der Waals surface area contributed by atoms with Crippen LogP contribution in [0, 0.1) is 0 Å². The monoisotopic (exact) mass is 307 g/mol. The molecule has 0 saturated heterocycles. The lowest BCUT2D eigenvalue weighted by molar-refractivity contribution is 0.700. The third-order valence-corrected chi connectivity index (χ3v) is 5.41. The van der Waals surface area contributed by atoms with E-state index in [1.807, 2.05) is 11.3 Å². The van der Waals surface area contributed by atoms with E-state index in [0.29, 0.717) is 0 Å². The molecule has 0 atom stereocenters. The van der Waals surface area contributed by atoms with Gasteiger partial charge in [-0.3, -0.25) is 0 Å². The second-order valence-electron chi connectivity index (χ2n) is 5.24. The molecule has 0 aromatic carbocycles. The van der Waals surface area contributed by atoms with Gasteiger partial charge in [0.25, 0.3) is 0 Å². The minimum atomic E-state index is 0.888. The number of nitrogens with zero attached hydrogens (tertiary/aromatic N) is 2. The Bertz CT molecular complexity index is 607. The molecule has 0 amide bonds. The van der Waals surface area contributed by atoms with Crippen molar-refractivity contribution in [3.8, 4) is 0 Å². The molecule has 2 aromatic heterocycles. The van der Waals surface area contributed by atoms with Crippen LogP contribution >= 0.6 is 23.1 Å². The predicted octanol–water partition coefficient (Wildman–Crippen LogP) is 4.26. The number of aromatic nitrogens is 2. The SMILES string of the molecule is CCCNc1nc(CSC)nc2sc3c(c12)CCCC3. The topological polar surface area (TPSA) is 37.8 Å². The Morgan fingerprint density at radius 3 is 2.90 bits per heavy atom. The first-order chi connectivity index (χ1) is 9.83.